The smallest absolute Gasteiger partial charge is 0.103 e. The number of thioether (sulfide) groups is 1. The van der Waals surface area contributed by atoms with Gasteiger partial charge in [-0.05, 0) is 39.0 Å². The quantitative estimate of drug-likeness (QED) is 0.624. The lowest BCUT2D eigenvalue weighted by Gasteiger charge is -2.20. The average molecular weight is 230 g/mol. The van der Waals surface area contributed by atoms with Crippen LogP contribution in [0.15, 0.2) is 0 Å². The molecule has 15 heavy (non-hydrogen) atoms. The second-order valence-electron chi connectivity index (χ2n) is 3.99. The van der Waals surface area contributed by atoms with Crippen LogP contribution in [0.4, 0.5) is 0 Å². The lowest BCUT2D eigenvalue weighted by atomic mass is 9.99. The Kier molecular flexibility index (Phi) is 7.85. The van der Waals surface area contributed by atoms with Crippen molar-refractivity contribution in [2.24, 2.45) is 0 Å². The number of nitriles is 1. The summed E-state index contributed by atoms with van der Waals surface area (Å²) in [4.78, 5) is 0. The summed E-state index contributed by atoms with van der Waals surface area (Å²) in [5.74, 6) is 1.06. The van der Waals surface area contributed by atoms with Crippen LogP contribution in [0.1, 0.15) is 33.1 Å². The van der Waals surface area contributed by atoms with E-state index in [2.05, 4.69) is 18.3 Å². The maximum Gasteiger partial charge on any atom is 0.103 e. The minimum absolute atomic E-state index is 0.264. The van der Waals surface area contributed by atoms with Gasteiger partial charge in [-0.25, -0.2) is 0 Å². The van der Waals surface area contributed by atoms with Crippen LogP contribution in [-0.4, -0.2) is 35.3 Å². The number of nitrogens with one attached hydrogen (secondary N) is 1. The summed E-state index contributed by atoms with van der Waals surface area (Å²) in [5.41, 5.74) is -0.388. The summed E-state index contributed by atoms with van der Waals surface area (Å²) in [6.45, 7) is 4.32. The molecule has 0 spiro atoms. The van der Waals surface area contributed by atoms with Crippen LogP contribution < -0.4 is 5.32 Å². The lowest BCUT2D eigenvalue weighted by Crippen LogP contribution is -2.38. The Hall–Kier alpha value is -0.240. The third-order valence-corrected chi connectivity index (χ3v) is 3.89. The summed E-state index contributed by atoms with van der Waals surface area (Å²) >= 11 is 1.87. The van der Waals surface area contributed by atoms with Crippen LogP contribution in [-0.2, 0) is 0 Å². The fourth-order valence-corrected chi connectivity index (χ4v) is 2.20. The van der Waals surface area contributed by atoms with Gasteiger partial charge in [-0.3, -0.25) is 0 Å². The maximum atomic E-state index is 8.93. The minimum Gasteiger partial charge on any atom is -0.396 e. The fourth-order valence-electron chi connectivity index (χ4n) is 1.21. The molecule has 0 bridgehead atoms. The van der Waals surface area contributed by atoms with Gasteiger partial charge in [0.2, 0.25) is 0 Å². The van der Waals surface area contributed by atoms with Gasteiger partial charge in [0.15, 0.2) is 0 Å². The summed E-state index contributed by atoms with van der Waals surface area (Å²) in [6, 6.07) is 2.28. The lowest BCUT2D eigenvalue weighted by molar-refractivity contribution is 0.289. The van der Waals surface area contributed by atoms with Crippen LogP contribution in [0.25, 0.3) is 0 Å². The van der Waals surface area contributed by atoms with E-state index in [4.69, 9.17) is 10.4 Å². The number of hydrogen-bond donors (Lipinski definition) is 2. The highest BCUT2D eigenvalue weighted by Gasteiger charge is 2.19. The molecule has 3 nitrogen and oxygen atoms in total. The third-order valence-electron chi connectivity index (χ3n) is 2.56. The van der Waals surface area contributed by atoms with E-state index in [1.165, 1.54) is 0 Å². The number of aliphatic hydroxyl groups is 1. The molecule has 0 saturated carbocycles. The van der Waals surface area contributed by atoms with Gasteiger partial charge in [0.05, 0.1) is 6.07 Å². The van der Waals surface area contributed by atoms with E-state index < -0.39 is 0 Å². The normalized spacial score (nSPS) is 16.7. The Morgan fingerprint density at radius 3 is 2.73 bits per heavy atom. The molecule has 0 heterocycles. The molecule has 2 N–H and O–H groups in total. The Labute approximate surface area is 97.2 Å². The standard InChI is InChI=1S/C11H22N2OS/c1-10(5-7-14)15-8-4-6-11(2,9-12)13-3/h10,13-14H,4-8H2,1-3H3. The molecule has 0 radical (unpaired) electrons. The van der Waals surface area contributed by atoms with E-state index in [9.17, 15) is 0 Å². The Morgan fingerprint density at radius 1 is 1.60 bits per heavy atom. The Bertz CT molecular complexity index is 205. The molecule has 4 heteroatoms. The molecule has 0 aliphatic rings. The van der Waals surface area contributed by atoms with Crippen LogP contribution in [0.3, 0.4) is 0 Å². The van der Waals surface area contributed by atoms with Crippen molar-refractivity contribution in [3.8, 4) is 6.07 Å². The largest absolute Gasteiger partial charge is 0.396 e. The van der Waals surface area contributed by atoms with Gasteiger partial charge in [-0.15, -0.1) is 0 Å². The van der Waals surface area contributed by atoms with Crippen molar-refractivity contribution in [2.75, 3.05) is 19.4 Å². The van der Waals surface area contributed by atoms with Crippen molar-refractivity contribution >= 4 is 11.8 Å². The molecule has 0 saturated heterocycles. The first-order valence-electron chi connectivity index (χ1n) is 5.40. The SMILES string of the molecule is CNC(C)(C#N)CCCSC(C)CCO. The van der Waals surface area contributed by atoms with Crippen LogP contribution in [0.5, 0.6) is 0 Å². The first kappa shape index (κ1) is 14.8. The van der Waals surface area contributed by atoms with Gasteiger partial charge in [0, 0.05) is 11.9 Å². The first-order valence-corrected chi connectivity index (χ1v) is 6.45. The number of rotatable bonds is 8. The van der Waals surface area contributed by atoms with E-state index in [0.717, 1.165) is 25.0 Å². The zero-order chi connectivity index (χ0) is 11.7. The van der Waals surface area contributed by atoms with E-state index in [1.807, 2.05) is 25.7 Å². The van der Waals surface area contributed by atoms with E-state index in [1.54, 1.807) is 0 Å². The molecule has 0 aromatic heterocycles. The van der Waals surface area contributed by atoms with Crippen molar-refractivity contribution in [3.05, 3.63) is 0 Å². The van der Waals surface area contributed by atoms with Gasteiger partial charge in [0.25, 0.3) is 0 Å². The molecule has 0 amide bonds. The zero-order valence-electron chi connectivity index (χ0n) is 9.92. The van der Waals surface area contributed by atoms with Crippen molar-refractivity contribution in [2.45, 2.75) is 43.9 Å². The first-order chi connectivity index (χ1) is 7.08. The summed E-state index contributed by atoms with van der Waals surface area (Å²) in [6.07, 6.45) is 2.76. The topological polar surface area (TPSA) is 56.0 Å². The zero-order valence-corrected chi connectivity index (χ0v) is 10.7. The molecule has 0 aromatic carbocycles. The Balaban J connectivity index is 3.58. The molecule has 2 atom stereocenters. The molecule has 2 unspecified atom stereocenters. The van der Waals surface area contributed by atoms with E-state index >= 15 is 0 Å². The van der Waals surface area contributed by atoms with Crippen molar-refractivity contribution in [3.63, 3.8) is 0 Å². The molecule has 0 aromatic rings. The molecular weight excluding hydrogens is 208 g/mol. The van der Waals surface area contributed by atoms with Gasteiger partial charge in [-0.2, -0.15) is 17.0 Å². The molecule has 0 rings (SSSR count). The molecule has 0 fully saturated rings. The van der Waals surface area contributed by atoms with Crippen LogP contribution >= 0.6 is 11.8 Å². The summed E-state index contributed by atoms with van der Waals surface area (Å²) < 4.78 is 0. The monoisotopic (exact) mass is 230 g/mol. The van der Waals surface area contributed by atoms with E-state index in [0.29, 0.717) is 5.25 Å². The number of hydrogen-bond acceptors (Lipinski definition) is 4. The van der Waals surface area contributed by atoms with E-state index in [-0.39, 0.29) is 12.1 Å². The highest BCUT2D eigenvalue weighted by atomic mass is 32.2. The van der Waals surface area contributed by atoms with Gasteiger partial charge >= 0.3 is 0 Å². The van der Waals surface area contributed by atoms with Crippen LogP contribution in [0.2, 0.25) is 0 Å². The highest BCUT2D eigenvalue weighted by Crippen LogP contribution is 2.18. The van der Waals surface area contributed by atoms with Crippen molar-refractivity contribution in [1.82, 2.24) is 5.32 Å². The molecule has 0 aliphatic carbocycles. The van der Waals surface area contributed by atoms with Gasteiger partial charge < -0.3 is 10.4 Å². The van der Waals surface area contributed by atoms with Crippen molar-refractivity contribution < 1.29 is 5.11 Å². The third kappa shape index (κ3) is 6.77. The average Bonchev–Trinajstić information content (AvgIpc) is 2.24. The second-order valence-corrected chi connectivity index (χ2v) is 5.54. The fraction of sp³-hybridized carbons (Fsp3) is 0.909. The number of nitrogens with zero attached hydrogens (tertiary/aromatic N) is 1. The summed E-state index contributed by atoms with van der Waals surface area (Å²) in [5, 5.41) is 21.2. The molecule has 0 aliphatic heterocycles. The minimum atomic E-state index is -0.388. The highest BCUT2D eigenvalue weighted by molar-refractivity contribution is 7.99. The predicted octanol–water partition coefficient (Wildman–Crippen LogP) is 1.77. The second kappa shape index (κ2) is 7.98. The molecule has 88 valence electrons. The van der Waals surface area contributed by atoms with Gasteiger partial charge in [0.1, 0.15) is 5.54 Å². The summed E-state index contributed by atoms with van der Waals surface area (Å²) in [7, 11) is 1.82. The predicted molar refractivity (Wildman–Crippen MR) is 65.9 cm³/mol. The molecular formula is C11H22N2OS. The Morgan fingerprint density at radius 2 is 2.27 bits per heavy atom. The van der Waals surface area contributed by atoms with Gasteiger partial charge in [-0.1, -0.05) is 6.92 Å². The van der Waals surface area contributed by atoms with Crippen LogP contribution in [0, 0.1) is 11.3 Å². The van der Waals surface area contributed by atoms with Crippen molar-refractivity contribution in [1.29, 1.82) is 5.26 Å². The number of aliphatic hydroxyl groups excluding tert-OH is 1. The maximum absolute atomic E-state index is 8.93.